The smallest absolute Gasteiger partial charge is 0.228 e. The Hall–Kier alpha value is -2.36. The number of aryl methyl sites for hydroxylation is 1. The Labute approximate surface area is 110 Å². The molecule has 0 spiro atoms. The fourth-order valence-corrected chi connectivity index (χ4v) is 2.56. The molecule has 0 saturated heterocycles. The molecule has 0 atom stereocenters. The molecule has 3 rings (SSSR count). The highest BCUT2D eigenvalue weighted by molar-refractivity contribution is 6.13. The molecular weight excluding hydrogens is 240 g/mol. The summed E-state index contributed by atoms with van der Waals surface area (Å²) in [5.41, 5.74) is 2.58. The first-order valence-corrected chi connectivity index (χ1v) is 6.08. The SMILES string of the molecule is COc1ccc2c3ccnc(C)c3n(C(C)=O)c2c1. The molecule has 96 valence electrons. The number of hydrogen-bond donors (Lipinski definition) is 0. The number of fused-ring (bicyclic) bond motifs is 3. The molecule has 19 heavy (non-hydrogen) atoms. The quantitative estimate of drug-likeness (QED) is 0.670. The van der Waals surface area contributed by atoms with Crippen molar-refractivity contribution in [3.05, 3.63) is 36.2 Å². The molecule has 0 saturated carbocycles. The Kier molecular flexibility index (Phi) is 2.52. The third kappa shape index (κ3) is 1.60. The molecule has 0 aliphatic heterocycles. The summed E-state index contributed by atoms with van der Waals surface area (Å²) in [4.78, 5) is 16.3. The minimum absolute atomic E-state index is 0.0237. The lowest BCUT2D eigenvalue weighted by Gasteiger charge is -2.04. The highest BCUT2D eigenvalue weighted by Crippen LogP contribution is 2.32. The summed E-state index contributed by atoms with van der Waals surface area (Å²) in [6.07, 6.45) is 1.77. The van der Waals surface area contributed by atoms with E-state index in [0.29, 0.717) is 0 Å². The predicted molar refractivity (Wildman–Crippen MR) is 74.8 cm³/mol. The second-order valence-corrected chi connectivity index (χ2v) is 4.53. The van der Waals surface area contributed by atoms with Gasteiger partial charge in [0.1, 0.15) is 5.75 Å². The largest absolute Gasteiger partial charge is 0.497 e. The van der Waals surface area contributed by atoms with Crippen LogP contribution in [-0.4, -0.2) is 22.6 Å². The third-order valence-corrected chi connectivity index (χ3v) is 3.38. The lowest BCUT2D eigenvalue weighted by molar-refractivity contribution is 0.0946. The first-order valence-electron chi connectivity index (χ1n) is 6.08. The van der Waals surface area contributed by atoms with Crippen molar-refractivity contribution >= 4 is 27.7 Å². The summed E-state index contributed by atoms with van der Waals surface area (Å²) in [6.45, 7) is 3.47. The molecule has 2 aromatic heterocycles. The van der Waals surface area contributed by atoms with Crippen molar-refractivity contribution in [3.8, 4) is 5.75 Å². The average Bonchev–Trinajstić information content (AvgIpc) is 2.73. The summed E-state index contributed by atoms with van der Waals surface area (Å²) < 4.78 is 6.95. The summed E-state index contributed by atoms with van der Waals surface area (Å²) in [6, 6.07) is 7.71. The van der Waals surface area contributed by atoms with Gasteiger partial charge in [0.2, 0.25) is 5.91 Å². The minimum atomic E-state index is -0.0237. The van der Waals surface area contributed by atoms with E-state index in [9.17, 15) is 4.79 Å². The first-order chi connectivity index (χ1) is 9.13. The van der Waals surface area contributed by atoms with Crippen LogP contribution in [0.1, 0.15) is 17.4 Å². The van der Waals surface area contributed by atoms with Gasteiger partial charge in [-0.2, -0.15) is 0 Å². The van der Waals surface area contributed by atoms with E-state index in [4.69, 9.17) is 4.74 Å². The van der Waals surface area contributed by atoms with E-state index < -0.39 is 0 Å². The monoisotopic (exact) mass is 254 g/mol. The van der Waals surface area contributed by atoms with Gasteiger partial charge in [-0.15, -0.1) is 0 Å². The predicted octanol–water partition coefficient (Wildman–Crippen LogP) is 3.17. The number of benzene rings is 1. The number of carbonyl (C=O) groups is 1. The van der Waals surface area contributed by atoms with Crippen LogP contribution in [-0.2, 0) is 0 Å². The molecule has 0 N–H and O–H groups in total. The van der Waals surface area contributed by atoms with Crippen LogP contribution < -0.4 is 4.74 Å². The van der Waals surface area contributed by atoms with Crippen LogP contribution in [0.2, 0.25) is 0 Å². The molecule has 1 aromatic carbocycles. The van der Waals surface area contributed by atoms with Gasteiger partial charge in [0.05, 0.1) is 23.8 Å². The van der Waals surface area contributed by atoms with E-state index in [-0.39, 0.29) is 5.91 Å². The summed E-state index contributed by atoms with van der Waals surface area (Å²) in [7, 11) is 1.62. The van der Waals surface area contributed by atoms with Gasteiger partial charge in [-0.3, -0.25) is 14.3 Å². The molecule has 2 heterocycles. The van der Waals surface area contributed by atoms with E-state index in [1.807, 2.05) is 31.2 Å². The highest BCUT2D eigenvalue weighted by Gasteiger charge is 2.15. The molecule has 0 aliphatic rings. The van der Waals surface area contributed by atoms with Crippen molar-refractivity contribution in [1.29, 1.82) is 0 Å². The average molecular weight is 254 g/mol. The van der Waals surface area contributed by atoms with Crippen LogP contribution >= 0.6 is 0 Å². The molecule has 4 nitrogen and oxygen atoms in total. The molecular formula is C15H14N2O2. The van der Waals surface area contributed by atoms with Gasteiger partial charge < -0.3 is 4.74 Å². The van der Waals surface area contributed by atoms with Gasteiger partial charge in [0.25, 0.3) is 0 Å². The number of aromatic nitrogens is 2. The maximum atomic E-state index is 12.0. The maximum Gasteiger partial charge on any atom is 0.228 e. The number of ether oxygens (including phenoxy) is 1. The number of methoxy groups -OCH3 is 1. The summed E-state index contributed by atoms with van der Waals surface area (Å²) in [5.74, 6) is 0.716. The maximum absolute atomic E-state index is 12.0. The first kappa shape index (κ1) is 11.7. The van der Waals surface area contributed by atoms with Crippen LogP contribution in [0.4, 0.5) is 0 Å². The number of carbonyl (C=O) groups excluding carboxylic acids is 1. The van der Waals surface area contributed by atoms with Crippen molar-refractivity contribution in [2.24, 2.45) is 0 Å². The Bertz CT molecular complexity index is 803. The van der Waals surface area contributed by atoms with Gasteiger partial charge in [0.15, 0.2) is 0 Å². The van der Waals surface area contributed by atoms with Crippen LogP contribution in [0.25, 0.3) is 21.8 Å². The zero-order valence-electron chi connectivity index (χ0n) is 11.1. The van der Waals surface area contributed by atoms with Crippen LogP contribution in [0.5, 0.6) is 5.75 Å². The number of rotatable bonds is 1. The lowest BCUT2D eigenvalue weighted by Crippen LogP contribution is -2.06. The Balaban J connectivity index is 2.58. The third-order valence-electron chi connectivity index (χ3n) is 3.38. The number of pyridine rings is 1. The van der Waals surface area contributed by atoms with Crippen LogP contribution in [0.15, 0.2) is 30.5 Å². The van der Waals surface area contributed by atoms with E-state index in [0.717, 1.165) is 33.2 Å². The van der Waals surface area contributed by atoms with E-state index >= 15 is 0 Å². The Morgan fingerprint density at radius 1 is 1.26 bits per heavy atom. The number of nitrogens with zero attached hydrogens (tertiary/aromatic N) is 2. The van der Waals surface area contributed by atoms with Crippen LogP contribution in [0.3, 0.4) is 0 Å². The van der Waals surface area contributed by atoms with E-state index in [1.165, 1.54) is 0 Å². The van der Waals surface area contributed by atoms with Crippen molar-refractivity contribution in [2.45, 2.75) is 13.8 Å². The van der Waals surface area contributed by atoms with Gasteiger partial charge in [-0.05, 0) is 25.1 Å². The minimum Gasteiger partial charge on any atom is -0.497 e. The lowest BCUT2D eigenvalue weighted by atomic mass is 10.1. The normalized spacial score (nSPS) is 11.1. The highest BCUT2D eigenvalue weighted by atomic mass is 16.5. The molecule has 0 radical (unpaired) electrons. The summed E-state index contributed by atoms with van der Waals surface area (Å²) >= 11 is 0. The topological polar surface area (TPSA) is 44.1 Å². The van der Waals surface area contributed by atoms with Crippen molar-refractivity contribution < 1.29 is 9.53 Å². The molecule has 0 amide bonds. The van der Waals surface area contributed by atoms with Crippen molar-refractivity contribution in [1.82, 2.24) is 9.55 Å². The molecule has 0 bridgehead atoms. The van der Waals surface area contributed by atoms with Gasteiger partial charge in [-0.1, -0.05) is 0 Å². The zero-order chi connectivity index (χ0) is 13.6. The van der Waals surface area contributed by atoms with Gasteiger partial charge >= 0.3 is 0 Å². The molecule has 3 aromatic rings. The van der Waals surface area contributed by atoms with Gasteiger partial charge in [-0.25, -0.2) is 0 Å². The molecule has 4 heteroatoms. The van der Waals surface area contributed by atoms with Crippen molar-refractivity contribution in [3.63, 3.8) is 0 Å². The molecule has 0 aliphatic carbocycles. The Morgan fingerprint density at radius 3 is 2.74 bits per heavy atom. The fraction of sp³-hybridized carbons (Fsp3) is 0.200. The zero-order valence-corrected chi connectivity index (χ0v) is 11.1. The second-order valence-electron chi connectivity index (χ2n) is 4.53. The fourth-order valence-electron chi connectivity index (χ4n) is 2.56. The molecule has 0 fully saturated rings. The number of hydrogen-bond acceptors (Lipinski definition) is 3. The Morgan fingerprint density at radius 2 is 2.05 bits per heavy atom. The van der Waals surface area contributed by atoms with E-state index in [1.54, 1.807) is 24.8 Å². The van der Waals surface area contributed by atoms with Gasteiger partial charge in [0, 0.05) is 30.0 Å². The second kappa shape index (κ2) is 4.09. The standard InChI is InChI=1S/C15H14N2O2/c1-9-15-13(6-7-16-9)12-5-4-11(19-3)8-14(12)17(15)10(2)18/h4-8H,1-3H3. The summed E-state index contributed by atoms with van der Waals surface area (Å²) in [5, 5.41) is 2.08. The van der Waals surface area contributed by atoms with E-state index in [2.05, 4.69) is 4.98 Å². The van der Waals surface area contributed by atoms with Crippen molar-refractivity contribution in [2.75, 3.05) is 7.11 Å². The van der Waals surface area contributed by atoms with Crippen LogP contribution in [0, 0.1) is 6.92 Å². The molecule has 0 unspecified atom stereocenters.